The average molecular weight is 252 g/mol. The molecule has 18 heavy (non-hydrogen) atoms. The number of nitrogens with one attached hydrogen (secondary N) is 1. The lowest BCUT2D eigenvalue weighted by Gasteiger charge is -2.33. The maximum absolute atomic E-state index is 10.8. The molecule has 6 heteroatoms. The zero-order valence-electron chi connectivity index (χ0n) is 11.4. The smallest absolute Gasteiger partial charge is 0.325 e. The normalized spacial score (nSPS) is 12.9. The number of nitrogens with zero attached hydrogens (tertiary/aromatic N) is 3. The first-order valence-electron chi connectivity index (χ1n) is 5.77. The summed E-state index contributed by atoms with van der Waals surface area (Å²) in [6.45, 7) is 7.78. The van der Waals surface area contributed by atoms with Crippen molar-refractivity contribution in [1.29, 1.82) is 0 Å². The molecule has 1 heterocycles. The number of hydrogen-bond donors (Lipinski definition) is 2. The summed E-state index contributed by atoms with van der Waals surface area (Å²) in [6.07, 6.45) is 1.43. The van der Waals surface area contributed by atoms with Gasteiger partial charge in [0.2, 0.25) is 0 Å². The lowest BCUT2D eigenvalue weighted by molar-refractivity contribution is -0.137. The summed E-state index contributed by atoms with van der Waals surface area (Å²) < 4.78 is 0. The van der Waals surface area contributed by atoms with E-state index in [0.29, 0.717) is 5.82 Å². The molecule has 6 nitrogen and oxygen atoms in total. The minimum absolute atomic E-state index is 0.0654. The molecule has 0 aromatic carbocycles. The molecule has 1 atom stereocenters. The van der Waals surface area contributed by atoms with Crippen molar-refractivity contribution in [3.8, 4) is 0 Å². The number of aromatic nitrogens is 2. The summed E-state index contributed by atoms with van der Waals surface area (Å²) in [5.41, 5.74) is -0.0654. The molecule has 0 saturated carbocycles. The number of carboxylic acids is 1. The fourth-order valence-corrected chi connectivity index (χ4v) is 1.24. The highest BCUT2D eigenvalue weighted by Crippen LogP contribution is 2.21. The number of aliphatic carboxylic acids is 1. The molecular weight excluding hydrogens is 232 g/mol. The molecule has 0 bridgehead atoms. The van der Waals surface area contributed by atoms with Gasteiger partial charge in [-0.15, -0.1) is 0 Å². The summed E-state index contributed by atoms with van der Waals surface area (Å²) in [7, 11) is 1.94. The standard InChI is InChI=1S/C12H20N4O2/c1-8(11(17)18)15-9-6-10(14-7-13-9)16(5)12(2,3)4/h6-8H,1-5H3,(H,17,18)(H,13,14,15). The van der Waals surface area contributed by atoms with Gasteiger partial charge in [-0.2, -0.15) is 0 Å². The zero-order chi connectivity index (χ0) is 13.9. The molecule has 0 amide bonds. The molecule has 0 aliphatic rings. The molecule has 0 fully saturated rings. The summed E-state index contributed by atoms with van der Waals surface area (Å²) in [4.78, 5) is 21.0. The molecular formula is C12H20N4O2. The van der Waals surface area contributed by atoms with Gasteiger partial charge in [0.15, 0.2) is 0 Å². The monoisotopic (exact) mass is 252 g/mol. The number of carbonyl (C=O) groups is 1. The highest BCUT2D eigenvalue weighted by Gasteiger charge is 2.19. The van der Waals surface area contributed by atoms with Crippen molar-refractivity contribution < 1.29 is 9.90 Å². The largest absolute Gasteiger partial charge is 0.480 e. The Morgan fingerprint density at radius 1 is 1.44 bits per heavy atom. The van der Waals surface area contributed by atoms with Gasteiger partial charge < -0.3 is 15.3 Å². The molecule has 2 N–H and O–H groups in total. The van der Waals surface area contributed by atoms with Crippen molar-refractivity contribution >= 4 is 17.6 Å². The van der Waals surface area contributed by atoms with E-state index in [1.807, 2.05) is 11.9 Å². The van der Waals surface area contributed by atoms with E-state index in [4.69, 9.17) is 5.11 Å². The van der Waals surface area contributed by atoms with Gasteiger partial charge in [-0.3, -0.25) is 4.79 Å². The molecule has 1 aromatic heterocycles. The van der Waals surface area contributed by atoms with Gasteiger partial charge in [0.05, 0.1) is 0 Å². The van der Waals surface area contributed by atoms with E-state index < -0.39 is 12.0 Å². The second-order valence-electron chi connectivity index (χ2n) is 5.20. The highest BCUT2D eigenvalue weighted by molar-refractivity contribution is 5.76. The Hall–Kier alpha value is -1.85. The lowest BCUT2D eigenvalue weighted by atomic mass is 10.1. The van der Waals surface area contributed by atoms with Crippen LogP contribution >= 0.6 is 0 Å². The quantitative estimate of drug-likeness (QED) is 0.847. The van der Waals surface area contributed by atoms with Gasteiger partial charge in [-0.1, -0.05) is 0 Å². The molecule has 0 spiro atoms. The predicted molar refractivity (Wildman–Crippen MR) is 70.9 cm³/mol. The van der Waals surface area contributed by atoms with Crippen molar-refractivity contribution in [3.63, 3.8) is 0 Å². The first-order valence-corrected chi connectivity index (χ1v) is 5.77. The second kappa shape index (κ2) is 5.20. The maximum Gasteiger partial charge on any atom is 0.325 e. The summed E-state index contributed by atoms with van der Waals surface area (Å²) in [5.74, 6) is 0.336. The van der Waals surface area contributed by atoms with Crippen molar-refractivity contribution in [2.45, 2.75) is 39.3 Å². The van der Waals surface area contributed by atoms with Crippen molar-refractivity contribution in [3.05, 3.63) is 12.4 Å². The number of rotatable bonds is 4. The van der Waals surface area contributed by atoms with Gasteiger partial charge in [-0.25, -0.2) is 9.97 Å². The SMILES string of the molecule is CC(Nc1cc(N(C)C(C)(C)C)ncn1)C(=O)O. The predicted octanol–water partition coefficient (Wildman–Crippen LogP) is 1.60. The van der Waals surface area contributed by atoms with E-state index in [1.54, 1.807) is 13.0 Å². The summed E-state index contributed by atoms with van der Waals surface area (Å²) in [6, 6.07) is 1.05. The Bertz CT molecular complexity index is 428. The average Bonchev–Trinajstić information content (AvgIpc) is 2.27. The van der Waals surface area contributed by atoms with Crippen LogP contribution in [0.5, 0.6) is 0 Å². The van der Waals surface area contributed by atoms with Crippen LogP contribution < -0.4 is 10.2 Å². The van der Waals surface area contributed by atoms with Gasteiger partial charge >= 0.3 is 5.97 Å². The zero-order valence-corrected chi connectivity index (χ0v) is 11.4. The van der Waals surface area contributed by atoms with E-state index in [0.717, 1.165) is 5.82 Å². The van der Waals surface area contributed by atoms with Gasteiger partial charge in [0.25, 0.3) is 0 Å². The van der Waals surface area contributed by atoms with Crippen LogP contribution in [0.1, 0.15) is 27.7 Å². The van der Waals surface area contributed by atoms with E-state index in [1.165, 1.54) is 6.33 Å². The molecule has 1 rings (SSSR count). The van der Waals surface area contributed by atoms with Crippen LogP contribution in [0.4, 0.5) is 11.6 Å². The first kappa shape index (κ1) is 14.2. The fraction of sp³-hybridized carbons (Fsp3) is 0.583. The Labute approximate surface area is 107 Å². The molecule has 1 aromatic rings. The minimum Gasteiger partial charge on any atom is -0.480 e. The number of anilines is 2. The van der Waals surface area contributed by atoms with Crippen LogP contribution in [-0.4, -0.2) is 39.7 Å². The Kier molecular flexibility index (Phi) is 4.11. The van der Waals surface area contributed by atoms with Crippen LogP contribution in [0.15, 0.2) is 12.4 Å². The maximum atomic E-state index is 10.8. The highest BCUT2D eigenvalue weighted by atomic mass is 16.4. The van der Waals surface area contributed by atoms with Gasteiger partial charge in [0.1, 0.15) is 24.0 Å². The van der Waals surface area contributed by atoms with Crippen LogP contribution in [-0.2, 0) is 4.79 Å². The van der Waals surface area contributed by atoms with Crippen LogP contribution in [0.25, 0.3) is 0 Å². The van der Waals surface area contributed by atoms with Crippen molar-refractivity contribution in [2.75, 3.05) is 17.3 Å². The van der Waals surface area contributed by atoms with Gasteiger partial charge in [-0.05, 0) is 27.7 Å². The van der Waals surface area contributed by atoms with Crippen molar-refractivity contribution in [2.24, 2.45) is 0 Å². The third-order valence-electron chi connectivity index (χ3n) is 2.74. The number of hydrogen-bond acceptors (Lipinski definition) is 5. The van der Waals surface area contributed by atoms with E-state index >= 15 is 0 Å². The summed E-state index contributed by atoms with van der Waals surface area (Å²) >= 11 is 0. The minimum atomic E-state index is -0.917. The number of carboxylic acid groups (broad SMARTS) is 1. The summed E-state index contributed by atoms with van der Waals surface area (Å²) in [5, 5.41) is 11.6. The molecule has 1 unspecified atom stereocenters. The van der Waals surface area contributed by atoms with Crippen LogP contribution in [0.3, 0.4) is 0 Å². The lowest BCUT2D eigenvalue weighted by Crippen LogP contribution is -2.38. The molecule has 0 aliphatic heterocycles. The first-order chi connectivity index (χ1) is 8.21. The van der Waals surface area contributed by atoms with E-state index in [2.05, 4.69) is 36.1 Å². The molecule has 0 aliphatic carbocycles. The van der Waals surface area contributed by atoms with Crippen LogP contribution in [0.2, 0.25) is 0 Å². The van der Waals surface area contributed by atoms with Gasteiger partial charge in [0, 0.05) is 18.7 Å². The molecule has 100 valence electrons. The Morgan fingerprint density at radius 3 is 2.56 bits per heavy atom. The Balaban J connectivity index is 2.89. The van der Waals surface area contributed by atoms with E-state index in [-0.39, 0.29) is 5.54 Å². The fourth-order valence-electron chi connectivity index (χ4n) is 1.24. The third kappa shape index (κ3) is 3.58. The van der Waals surface area contributed by atoms with Crippen molar-refractivity contribution in [1.82, 2.24) is 9.97 Å². The topological polar surface area (TPSA) is 78.3 Å². The molecule has 0 saturated heterocycles. The third-order valence-corrected chi connectivity index (χ3v) is 2.74. The van der Waals surface area contributed by atoms with Crippen LogP contribution in [0, 0.1) is 0 Å². The molecule has 0 radical (unpaired) electrons. The Morgan fingerprint density at radius 2 is 2.06 bits per heavy atom. The second-order valence-corrected chi connectivity index (χ2v) is 5.20. The van der Waals surface area contributed by atoms with E-state index in [9.17, 15) is 4.79 Å².